The van der Waals surface area contributed by atoms with Crippen LogP contribution in [0.2, 0.25) is 0 Å². The summed E-state index contributed by atoms with van der Waals surface area (Å²) in [6.07, 6.45) is 1.58. The van der Waals surface area contributed by atoms with Crippen molar-refractivity contribution in [1.82, 2.24) is 4.98 Å². The van der Waals surface area contributed by atoms with E-state index in [4.69, 9.17) is 4.74 Å². The zero-order valence-electron chi connectivity index (χ0n) is 15.8. The molecule has 8 heteroatoms. The molecule has 0 aliphatic carbocycles. The smallest absolute Gasteiger partial charge is 0.280 e. The van der Waals surface area contributed by atoms with E-state index in [2.05, 4.69) is 26.0 Å². The summed E-state index contributed by atoms with van der Waals surface area (Å²) in [4.78, 5) is 17.7. The third-order valence-corrected chi connectivity index (χ3v) is 5.76. The average Bonchev–Trinajstić information content (AvgIpc) is 3.18. The number of fused-ring (bicyclic) bond motifs is 1. The molecule has 0 aliphatic heterocycles. The van der Waals surface area contributed by atoms with Gasteiger partial charge in [-0.05, 0) is 60.2 Å². The van der Waals surface area contributed by atoms with Crippen LogP contribution in [0, 0.1) is 5.82 Å². The lowest BCUT2D eigenvalue weighted by Crippen LogP contribution is -2.25. The topological polar surface area (TPSA) is 54.8 Å². The van der Waals surface area contributed by atoms with Crippen LogP contribution in [0.15, 0.2) is 76.3 Å². The van der Waals surface area contributed by atoms with Crippen molar-refractivity contribution in [2.75, 3.05) is 12.1 Å². The molecular formula is C22H15BrFN3O2S. The first-order valence-electron chi connectivity index (χ1n) is 8.87. The molecule has 4 rings (SSSR count). The van der Waals surface area contributed by atoms with E-state index in [1.807, 2.05) is 42.5 Å². The molecule has 0 N–H and O–H groups in total. The van der Waals surface area contributed by atoms with Gasteiger partial charge in [0.2, 0.25) is 5.13 Å². The molecule has 3 aromatic carbocycles. The summed E-state index contributed by atoms with van der Waals surface area (Å²) in [7, 11) is 1.59. The van der Waals surface area contributed by atoms with E-state index in [1.165, 1.54) is 40.6 Å². The zero-order valence-corrected chi connectivity index (χ0v) is 18.2. The number of halogens is 2. The predicted molar refractivity (Wildman–Crippen MR) is 121 cm³/mol. The molecule has 0 spiro atoms. The molecule has 1 aromatic heterocycles. The summed E-state index contributed by atoms with van der Waals surface area (Å²) in [5, 5.41) is 6.03. The molecule has 0 bridgehead atoms. The lowest BCUT2D eigenvalue weighted by atomic mass is 10.2. The first kappa shape index (κ1) is 20.2. The number of amides is 1. The van der Waals surface area contributed by atoms with Crippen molar-refractivity contribution in [1.29, 1.82) is 0 Å². The Morgan fingerprint density at radius 3 is 2.57 bits per heavy atom. The normalized spacial score (nSPS) is 11.2. The number of hydrogen-bond acceptors (Lipinski definition) is 5. The number of hydrazone groups is 1. The second kappa shape index (κ2) is 8.73. The number of carbonyl (C=O) groups excluding carboxylic acids is 1. The average molecular weight is 484 g/mol. The maximum absolute atomic E-state index is 13.3. The van der Waals surface area contributed by atoms with Gasteiger partial charge in [-0.15, -0.1) is 0 Å². The molecule has 0 saturated heterocycles. The highest BCUT2D eigenvalue weighted by atomic mass is 79.9. The van der Waals surface area contributed by atoms with Gasteiger partial charge in [0.1, 0.15) is 11.6 Å². The Labute approximate surface area is 184 Å². The van der Waals surface area contributed by atoms with Crippen molar-refractivity contribution < 1.29 is 13.9 Å². The third kappa shape index (κ3) is 4.39. The van der Waals surface area contributed by atoms with Crippen LogP contribution < -0.4 is 9.75 Å². The van der Waals surface area contributed by atoms with Crippen LogP contribution >= 0.6 is 27.3 Å². The number of methoxy groups -OCH3 is 1. The maximum atomic E-state index is 13.3. The number of ether oxygens (including phenoxy) is 1. The Morgan fingerprint density at radius 1 is 1.13 bits per heavy atom. The summed E-state index contributed by atoms with van der Waals surface area (Å²) in [5.41, 5.74) is 1.85. The first-order valence-corrected chi connectivity index (χ1v) is 10.5. The monoisotopic (exact) mass is 483 g/mol. The number of hydrogen-bond donors (Lipinski definition) is 0. The molecule has 30 heavy (non-hydrogen) atoms. The van der Waals surface area contributed by atoms with Crippen molar-refractivity contribution in [3.63, 3.8) is 0 Å². The van der Waals surface area contributed by atoms with Gasteiger partial charge >= 0.3 is 0 Å². The van der Waals surface area contributed by atoms with E-state index in [1.54, 1.807) is 13.3 Å². The number of rotatable bonds is 5. The van der Waals surface area contributed by atoms with E-state index in [0.29, 0.717) is 16.4 Å². The largest absolute Gasteiger partial charge is 0.497 e. The van der Waals surface area contributed by atoms with Gasteiger partial charge in [0.15, 0.2) is 0 Å². The van der Waals surface area contributed by atoms with Gasteiger partial charge in [0.25, 0.3) is 5.91 Å². The van der Waals surface area contributed by atoms with Crippen molar-refractivity contribution >= 4 is 54.7 Å². The highest BCUT2D eigenvalue weighted by Crippen LogP contribution is 2.32. The Kier molecular flexibility index (Phi) is 5.87. The summed E-state index contributed by atoms with van der Waals surface area (Å²) in [6, 6.07) is 18.3. The van der Waals surface area contributed by atoms with Crippen molar-refractivity contribution in [2.45, 2.75) is 0 Å². The number of nitrogens with zero attached hydrogens (tertiary/aromatic N) is 3. The van der Waals surface area contributed by atoms with Crippen LogP contribution in [0.5, 0.6) is 5.75 Å². The maximum Gasteiger partial charge on any atom is 0.280 e. The van der Waals surface area contributed by atoms with E-state index < -0.39 is 11.7 Å². The van der Waals surface area contributed by atoms with Crippen LogP contribution in [0.4, 0.5) is 9.52 Å². The van der Waals surface area contributed by atoms with Gasteiger partial charge < -0.3 is 4.74 Å². The minimum atomic E-state index is -0.413. The highest BCUT2D eigenvalue weighted by Gasteiger charge is 2.21. The van der Waals surface area contributed by atoms with Crippen LogP contribution in [0.3, 0.4) is 0 Å². The van der Waals surface area contributed by atoms with Crippen LogP contribution in [-0.4, -0.2) is 24.2 Å². The molecule has 0 unspecified atom stereocenters. The quantitative estimate of drug-likeness (QED) is 0.262. The SMILES string of the molecule is COc1ccc2nc(N(/N=C/c3ccc(Br)cc3)C(=O)c3ccc(F)cc3)sc2c1. The molecule has 0 saturated carbocycles. The molecule has 150 valence electrons. The minimum Gasteiger partial charge on any atom is -0.497 e. The minimum absolute atomic E-state index is 0.307. The molecule has 1 heterocycles. The number of anilines is 1. The molecule has 4 aromatic rings. The number of carbonyl (C=O) groups is 1. The Morgan fingerprint density at radius 2 is 1.87 bits per heavy atom. The Bertz CT molecular complexity index is 1220. The summed E-state index contributed by atoms with van der Waals surface area (Å²) >= 11 is 4.71. The van der Waals surface area contributed by atoms with Gasteiger partial charge in [-0.3, -0.25) is 4.79 Å². The number of aromatic nitrogens is 1. The molecule has 1 amide bonds. The molecule has 0 radical (unpaired) electrons. The van der Waals surface area contributed by atoms with Gasteiger partial charge in [0.05, 0.1) is 23.5 Å². The number of benzene rings is 3. The Balaban J connectivity index is 1.75. The summed E-state index contributed by atoms with van der Waals surface area (Å²) in [6.45, 7) is 0. The fourth-order valence-electron chi connectivity index (χ4n) is 2.69. The fraction of sp³-hybridized carbons (Fsp3) is 0.0455. The van der Waals surface area contributed by atoms with E-state index in [-0.39, 0.29) is 0 Å². The van der Waals surface area contributed by atoms with Crippen molar-refractivity contribution in [3.8, 4) is 5.75 Å². The van der Waals surface area contributed by atoms with E-state index in [9.17, 15) is 9.18 Å². The molecular weight excluding hydrogens is 469 g/mol. The van der Waals surface area contributed by atoms with Crippen LogP contribution in [0.1, 0.15) is 15.9 Å². The second-order valence-electron chi connectivity index (χ2n) is 6.25. The van der Waals surface area contributed by atoms with Gasteiger partial charge in [-0.1, -0.05) is 39.4 Å². The van der Waals surface area contributed by atoms with Crippen molar-refractivity contribution in [3.05, 3.63) is 88.1 Å². The lowest BCUT2D eigenvalue weighted by Gasteiger charge is -2.13. The number of thiazole rings is 1. The van der Waals surface area contributed by atoms with Crippen molar-refractivity contribution in [2.24, 2.45) is 5.10 Å². The molecule has 0 aliphatic rings. The van der Waals surface area contributed by atoms with Gasteiger partial charge in [0, 0.05) is 10.0 Å². The lowest BCUT2D eigenvalue weighted by molar-refractivity contribution is 0.0988. The molecule has 0 fully saturated rings. The fourth-order valence-corrected chi connectivity index (χ4v) is 3.90. The van der Waals surface area contributed by atoms with Crippen LogP contribution in [0.25, 0.3) is 10.2 Å². The van der Waals surface area contributed by atoms with Gasteiger partial charge in [-0.2, -0.15) is 10.1 Å². The third-order valence-electron chi connectivity index (χ3n) is 4.24. The van der Waals surface area contributed by atoms with Crippen LogP contribution in [-0.2, 0) is 0 Å². The van der Waals surface area contributed by atoms with Gasteiger partial charge in [-0.25, -0.2) is 9.37 Å². The second-order valence-corrected chi connectivity index (χ2v) is 8.17. The standard InChI is InChI=1S/C22H15BrFN3O2S/c1-29-18-10-11-19-20(12-18)30-22(26-19)27(21(28)15-4-8-17(24)9-5-15)25-13-14-2-6-16(23)7-3-14/h2-13H,1H3/b25-13+. The zero-order chi connectivity index (χ0) is 21.1. The van der Waals surface area contributed by atoms with E-state index >= 15 is 0 Å². The van der Waals surface area contributed by atoms with E-state index in [0.717, 1.165) is 20.3 Å². The molecule has 5 nitrogen and oxygen atoms in total. The Hall–Kier alpha value is -3.10. The first-order chi connectivity index (χ1) is 14.5. The predicted octanol–water partition coefficient (Wildman–Crippen LogP) is 5.89. The summed E-state index contributed by atoms with van der Waals surface area (Å²) in [5.74, 6) is -0.120. The highest BCUT2D eigenvalue weighted by molar-refractivity contribution is 9.10. The summed E-state index contributed by atoms with van der Waals surface area (Å²) < 4.78 is 20.4. The molecule has 0 atom stereocenters.